The number of aryl methyl sites for hydroxylation is 1. The number of nitrogens with one attached hydrogen (secondary N) is 1. The van der Waals surface area contributed by atoms with Gasteiger partial charge >= 0.3 is 0 Å². The van der Waals surface area contributed by atoms with Crippen molar-refractivity contribution in [3.63, 3.8) is 0 Å². The molecule has 0 spiro atoms. The average molecular weight is 282 g/mol. The van der Waals surface area contributed by atoms with Gasteiger partial charge in [0.1, 0.15) is 0 Å². The largest absolute Gasteiger partial charge is 0.505 e. The minimum atomic E-state index is -0.0835. The van der Waals surface area contributed by atoms with Crippen LogP contribution < -0.4 is 5.32 Å². The molecule has 0 aliphatic carbocycles. The standard InChI is InChI=1S/C14H13Cl2NO/c1-9-4-2-3-5-10(9)8-17-11-6-12(15)14(18)13(16)7-11/h2-7,17-18H,8H2,1H3. The molecule has 0 aromatic heterocycles. The second-order valence-corrected chi connectivity index (χ2v) is 4.88. The molecule has 0 fully saturated rings. The zero-order valence-corrected chi connectivity index (χ0v) is 11.4. The molecule has 0 aliphatic rings. The van der Waals surface area contributed by atoms with E-state index in [1.54, 1.807) is 12.1 Å². The molecular weight excluding hydrogens is 269 g/mol. The monoisotopic (exact) mass is 281 g/mol. The lowest BCUT2D eigenvalue weighted by Gasteiger charge is -2.10. The van der Waals surface area contributed by atoms with E-state index in [0.717, 1.165) is 5.69 Å². The highest BCUT2D eigenvalue weighted by atomic mass is 35.5. The molecule has 0 saturated heterocycles. The van der Waals surface area contributed by atoms with Crippen molar-refractivity contribution in [2.75, 3.05) is 5.32 Å². The van der Waals surface area contributed by atoms with E-state index in [9.17, 15) is 5.11 Å². The lowest BCUT2D eigenvalue weighted by molar-refractivity contribution is 0.476. The van der Waals surface area contributed by atoms with E-state index in [2.05, 4.69) is 24.4 Å². The Morgan fingerprint density at radius 3 is 2.33 bits per heavy atom. The molecule has 2 aromatic carbocycles. The first-order valence-corrected chi connectivity index (χ1v) is 6.30. The fourth-order valence-electron chi connectivity index (χ4n) is 1.67. The molecule has 0 heterocycles. The minimum Gasteiger partial charge on any atom is -0.505 e. The summed E-state index contributed by atoms with van der Waals surface area (Å²) in [6.07, 6.45) is 0. The SMILES string of the molecule is Cc1ccccc1CNc1cc(Cl)c(O)c(Cl)c1. The zero-order chi connectivity index (χ0) is 13.1. The predicted octanol–water partition coefficient (Wildman–Crippen LogP) is 4.62. The predicted molar refractivity (Wildman–Crippen MR) is 76.6 cm³/mol. The Labute approximate surface area is 116 Å². The lowest BCUT2D eigenvalue weighted by atomic mass is 10.1. The van der Waals surface area contributed by atoms with Crippen molar-refractivity contribution in [1.29, 1.82) is 0 Å². The summed E-state index contributed by atoms with van der Waals surface area (Å²) in [5, 5.41) is 13.2. The van der Waals surface area contributed by atoms with Gasteiger partial charge in [0.25, 0.3) is 0 Å². The van der Waals surface area contributed by atoms with E-state index < -0.39 is 0 Å². The van der Waals surface area contributed by atoms with Gasteiger partial charge in [-0.05, 0) is 30.2 Å². The van der Waals surface area contributed by atoms with Gasteiger partial charge in [-0.15, -0.1) is 0 Å². The summed E-state index contributed by atoms with van der Waals surface area (Å²) in [5.74, 6) is -0.0835. The smallest absolute Gasteiger partial charge is 0.152 e. The van der Waals surface area contributed by atoms with Crippen LogP contribution in [0.5, 0.6) is 5.75 Å². The Balaban J connectivity index is 2.14. The second-order valence-electron chi connectivity index (χ2n) is 4.07. The molecule has 2 nitrogen and oxygen atoms in total. The van der Waals surface area contributed by atoms with Crippen LogP contribution in [0.1, 0.15) is 11.1 Å². The normalized spacial score (nSPS) is 10.4. The van der Waals surface area contributed by atoms with E-state index in [-0.39, 0.29) is 15.8 Å². The number of phenolic OH excluding ortho intramolecular Hbond substituents is 1. The number of hydrogen-bond acceptors (Lipinski definition) is 2. The molecule has 0 saturated carbocycles. The average Bonchev–Trinajstić information content (AvgIpc) is 2.35. The summed E-state index contributed by atoms with van der Waals surface area (Å²) in [4.78, 5) is 0. The topological polar surface area (TPSA) is 32.3 Å². The molecule has 0 aliphatic heterocycles. The summed E-state index contributed by atoms with van der Waals surface area (Å²) in [5.41, 5.74) is 3.21. The summed E-state index contributed by atoms with van der Waals surface area (Å²) in [6, 6.07) is 11.4. The number of hydrogen-bond donors (Lipinski definition) is 2. The van der Waals surface area contributed by atoms with E-state index in [1.165, 1.54) is 11.1 Å². The third-order valence-corrected chi connectivity index (χ3v) is 3.34. The number of halogens is 2. The highest BCUT2D eigenvalue weighted by Gasteiger charge is 2.06. The highest BCUT2D eigenvalue weighted by Crippen LogP contribution is 2.34. The van der Waals surface area contributed by atoms with E-state index in [0.29, 0.717) is 6.54 Å². The summed E-state index contributed by atoms with van der Waals surface area (Å²) < 4.78 is 0. The van der Waals surface area contributed by atoms with Crippen LogP contribution in [-0.2, 0) is 6.54 Å². The summed E-state index contributed by atoms with van der Waals surface area (Å²) in [7, 11) is 0. The van der Waals surface area contributed by atoms with Crippen LogP contribution in [0, 0.1) is 6.92 Å². The third-order valence-electron chi connectivity index (χ3n) is 2.76. The van der Waals surface area contributed by atoms with Crippen molar-refractivity contribution in [1.82, 2.24) is 0 Å². The van der Waals surface area contributed by atoms with Crippen LogP contribution in [-0.4, -0.2) is 5.11 Å². The highest BCUT2D eigenvalue weighted by molar-refractivity contribution is 6.37. The Morgan fingerprint density at radius 1 is 1.11 bits per heavy atom. The van der Waals surface area contributed by atoms with Gasteiger partial charge in [-0.3, -0.25) is 0 Å². The molecule has 0 radical (unpaired) electrons. The molecular formula is C14H13Cl2NO. The Morgan fingerprint density at radius 2 is 1.72 bits per heavy atom. The van der Waals surface area contributed by atoms with E-state index in [4.69, 9.17) is 23.2 Å². The maximum absolute atomic E-state index is 9.47. The van der Waals surface area contributed by atoms with Gasteiger partial charge in [0.2, 0.25) is 0 Å². The van der Waals surface area contributed by atoms with Gasteiger partial charge < -0.3 is 10.4 Å². The van der Waals surface area contributed by atoms with Gasteiger partial charge in [-0.25, -0.2) is 0 Å². The first-order valence-electron chi connectivity index (χ1n) is 5.54. The fraction of sp³-hybridized carbons (Fsp3) is 0.143. The molecule has 0 amide bonds. The lowest BCUT2D eigenvalue weighted by Crippen LogP contribution is -2.01. The number of aromatic hydroxyl groups is 1. The molecule has 2 aromatic rings. The van der Waals surface area contributed by atoms with Crippen molar-refractivity contribution < 1.29 is 5.11 Å². The Hall–Kier alpha value is -1.38. The fourth-order valence-corrected chi connectivity index (χ4v) is 2.16. The van der Waals surface area contributed by atoms with Crippen molar-refractivity contribution in [2.45, 2.75) is 13.5 Å². The number of rotatable bonds is 3. The summed E-state index contributed by atoms with van der Waals surface area (Å²) >= 11 is 11.7. The van der Waals surface area contributed by atoms with Crippen LogP contribution in [0.4, 0.5) is 5.69 Å². The van der Waals surface area contributed by atoms with Gasteiger partial charge in [0.15, 0.2) is 5.75 Å². The molecule has 2 rings (SSSR count). The second kappa shape index (κ2) is 5.51. The molecule has 4 heteroatoms. The van der Waals surface area contributed by atoms with Crippen molar-refractivity contribution in [3.8, 4) is 5.75 Å². The maximum atomic E-state index is 9.47. The van der Waals surface area contributed by atoms with Crippen LogP contribution in [0.2, 0.25) is 10.0 Å². The van der Waals surface area contributed by atoms with E-state index >= 15 is 0 Å². The van der Waals surface area contributed by atoms with Gasteiger partial charge in [0.05, 0.1) is 10.0 Å². The number of benzene rings is 2. The van der Waals surface area contributed by atoms with Crippen molar-refractivity contribution >= 4 is 28.9 Å². The summed E-state index contributed by atoms with van der Waals surface area (Å²) in [6.45, 7) is 2.75. The molecule has 94 valence electrons. The van der Waals surface area contributed by atoms with Crippen molar-refractivity contribution in [2.24, 2.45) is 0 Å². The van der Waals surface area contributed by atoms with Crippen LogP contribution in [0.3, 0.4) is 0 Å². The first kappa shape index (κ1) is 13.1. The Kier molecular flexibility index (Phi) is 4.00. The third kappa shape index (κ3) is 2.89. The van der Waals surface area contributed by atoms with E-state index in [1.807, 2.05) is 12.1 Å². The van der Waals surface area contributed by atoms with Crippen LogP contribution >= 0.6 is 23.2 Å². The number of phenols is 1. The van der Waals surface area contributed by atoms with Crippen molar-refractivity contribution in [3.05, 3.63) is 57.6 Å². The van der Waals surface area contributed by atoms with Crippen LogP contribution in [0.15, 0.2) is 36.4 Å². The van der Waals surface area contributed by atoms with Gasteiger partial charge in [-0.1, -0.05) is 47.5 Å². The zero-order valence-electron chi connectivity index (χ0n) is 9.87. The minimum absolute atomic E-state index is 0.0835. The quantitative estimate of drug-likeness (QED) is 0.805. The molecule has 0 atom stereocenters. The molecule has 0 unspecified atom stereocenters. The molecule has 18 heavy (non-hydrogen) atoms. The van der Waals surface area contributed by atoms with Gasteiger partial charge in [0, 0.05) is 12.2 Å². The molecule has 2 N–H and O–H groups in total. The van der Waals surface area contributed by atoms with Gasteiger partial charge in [-0.2, -0.15) is 0 Å². The Bertz CT molecular complexity index is 546. The van der Waals surface area contributed by atoms with Crippen LogP contribution in [0.25, 0.3) is 0 Å². The maximum Gasteiger partial charge on any atom is 0.152 e. The first-order chi connectivity index (χ1) is 8.58. The number of anilines is 1. The molecule has 0 bridgehead atoms.